The summed E-state index contributed by atoms with van der Waals surface area (Å²) in [7, 11) is 0. The number of rotatable bonds is 6. The van der Waals surface area contributed by atoms with Crippen LogP contribution < -0.4 is 4.74 Å². The minimum atomic E-state index is -0.203. The molecule has 0 saturated carbocycles. The summed E-state index contributed by atoms with van der Waals surface area (Å²) in [4.78, 5) is 4.98. The lowest BCUT2D eigenvalue weighted by Gasteiger charge is -2.26. The lowest BCUT2D eigenvalue weighted by atomic mass is 9.78. The summed E-state index contributed by atoms with van der Waals surface area (Å²) >= 11 is 0. The van der Waals surface area contributed by atoms with Crippen molar-refractivity contribution in [3.63, 3.8) is 0 Å². The van der Waals surface area contributed by atoms with Crippen LogP contribution in [0.25, 0.3) is 33.3 Å². The van der Waals surface area contributed by atoms with Gasteiger partial charge in [0.25, 0.3) is 0 Å². The molecular formula is C47H52N4O. The quantitative estimate of drug-likeness (QED) is 0.175. The van der Waals surface area contributed by atoms with E-state index in [0.29, 0.717) is 0 Å². The number of aromatic nitrogens is 4. The predicted molar refractivity (Wildman–Crippen MR) is 217 cm³/mol. The Morgan fingerprint density at radius 2 is 1.25 bits per heavy atom. The van der Waals surface area contributed by atoms with E-state index < -0.39 is 0 Å². The van der Waals surface area contributed by atoms with E-state index in [2.05, 4.69) is 182 Å². The Bertz CT molecular complexity index is 2410. The van der Waals surface area contributed by atoms with Crippen molar-refractivity contribution in [1.29, 1.82) is 0 Å². The van der Waals surface area contributed by atoms with E-state index in [1.54, 1.807) is 0 Å². The number of benzene rings is 4. The molecule has 3 heterocycles. The molecule has 0 amide bonds. The van der Waals surface area contributed by atoms with Crippen molar-refractivity contribution in [2.45, 2.75) is 97.8 Å². The Morgan fingerprint density at radius 3 is 1.94 bits per heavy atom. The molecule has 4 aromatic carbocycles. The molecule has 0 unspecified atom stereocenters. The highest BCUT2D eigenvalue weighted by Gasteiger charge is 2.27. The van der Waals surface area contributed by atoms with Crippen LogP contribution >= 0.6 is 0 Å². The first-order valence-electron chi connectivity index (χ1n) is 18.4. The molecule has 3 aromatic heterocycles. The third kappa shape index (κ3) is 6.53. The average Bonchev–Trinajstić information content (AvgIpc) is 3.69. The Balaban J connectivity index is 1.35. The van der Waals surface area contributed by atoms with Gasteiger partial charge in [-0.1, -0.05) is 119 Å². The molecule has 0 aliphatic rings. The van der Waals surface area contributed by atoms with Gasteiger partial charge in [-0.25, -0.2) is 9.67 Å². The van der Waals surface area contributed by atoms with E-state index >= 15 is 0 Å². The van der Waals surface area contributed by atoms with Gasteiger partial charge in [0.2, 0.25) is 0 Å². The Morgan fingerprint density at radius 1 is 0.519 bits per heavy atom. The minimum absolute atomic E-state index is 0.0175. The number of ether oxygens (including phenoxy) is 1. The molecular weight excluding hydrogens is 637 g/mol. The molecule has 0 bridgehead atoms. The van der Waals surface area contributed by atoms with Crippen molar-refractivity contribution in [1.82, 2.24) is 19.3 Å². The van der Waals surface area contributed by atoms with E-state index in [1.165, 1.54) is 27.8 Å². The first-order valence-corrected chi connectivity index (χ1v) is 18.4. The molecule has 0 spiro atoms. The second-order valence-corrected chi connectivity index (χ2v) is 17.8. The predicted octanol–water partition coefficient (Wildman–Crippen LogP) is 12.4. The number of pyridine rings is 1. The van der Waals surface area contributed by atoms with Crippen LogP contribution in [0.4, 0.5) is 0 Å². The Hall–Kier alpha value is -5.16. The van der Waals surface area contributed by atoms with Crippen molar-refractivity contribution in [2.24, 2.45) is 0 Å². The summed E-state index contributed by atoms with van der Waals surface area (Å²) in [5, 5.41) is 7.46. The number of nitrogens with zero attached hydrogens (tertiary/aromatic N) is 4. The molecule has 5 nitrogen and oxygen atoms in total. The molecule has 0 aliphatic heterocycles. The van der Waals surface area contributed by atoms with Gasteiger partial charge in [0.15, 0.2) is 0 Å². The highest BCUT2D eigenvalue weighted by Crippen LogP contribution is 2.39. The maximum Gasteiger partial charge on any atom is 0.137 e. The van der Waals surface area contributed by atoms with Crippen LogP contribution in [-0.2, 0) is 21.7 Å². The van der Waals surface area contributed by atoms with E-state index in [1.807, 2.05) is 18.3 Å². The fourth-order valence-electron chi connectivity index (χ4n) is 7.02. The van der Waals surface area contributed by atoms with E-state index in [-0.39, 0.29) is 21.7 Å². The van der Waals surface area contributed by atoms with Gasteiger partial charge < -0.3 is 4.74 Å². The molecule has 0 fully saturated rings. The van der Waals surface area contributed by atoms with Crippen LogP contribution in [0.5, 0.6) is 11.5 Å². The third-order valence-electron chi connectivity index (χ3n) is 10.3. The smallest absolute Gasteiger partial charge is 0.137 e. The molecule has 0 radical (unpaired) electrons. The molecule has 52 heavy (non-hydrogen) atoms. The Kier molecular flexibility index (Phi) is 8.48. The summed E-state index contributed by atoms with van der Waals surface area (Å²) < 4.78 is 11.0. The third-order valence-corrected chi connectivity index (χ3v) is 10.3. The monoisotopic (exact) mass is 688 g/mol. The zero-order chi connectivity index (χ0) is 37.2. The van der Waals surface area contributed by atoms with Crippen LogP contribution in [-0.4, -0.2) is 19.3 Å². The van der Waals surface area contributed by atoms with Gasteiger partial charge in [0.1, 0.15) is 17.3 Å². The van der Waals surface area contributed by atoms with Crippen molar-refractivity contribution in [3.8, 4) is 23.0 Å². The second kappa shape index (κ2) is 12.5. The highest BCUT2D eigenvalue weighted by atomic mass is 16.5. The normalized spacial score (nSPS) is 12.9. The summed E-state index contributed by atoms with van der Waals surface area (Å²) in [6.45, 7) is 24.7. The van der Waals surface area contributed by atoms with Crippen LogP contribution in [0.1, 0.15) is 104 Å². The minimum Gasteiger partial charge on any atom is -0.457 e. The van der Waals surface area contributed by atoms with Gasteiger partial charge in [-0.15, -0.1) is 0 Å². The lowest BCUT2D eigenvalue weighted by molar-refractivity contribution is 0.482. The molecule has 0 aliphatic carbocycles. The van der Waals surface area contributed by atoms with Gasteiger partial charge in [-0.05, 0) is 76.7 Å². The topological polar surface area (TPSA) is 44.9 Å². The van der Waals surface area contributed by atoms with Crippen molar-refractivity contribution >= 4 is 21.8 Å². The first kappa shape index (κ1) is 35.3. The van der Waals surface area contributed by atoms with E-state index in [9.17, 15) is 0 Å². The fraction of sp³-hybridized carbons (Fsp3) is 0.319. The van der Waals surface area contributed by atoms with Gasteiger partial charge in [0.05, 0.1) is 22.4 Å². The number of fused-ring (bicyclic) bond motifs is 3. The van der Waals surface area contributed by atoms with Gasteiger partial charge in [-0.3, -0.25) is 4.57 Å². The largest absolute Gasteiger partial charge is 0.457 e. The summed E-state index contributed by atoms with van der Waals surface area (Å²) in [6.07, 6.45) is 1.94. The van der Waals surface area contributed by atoms with Crippen molar-refractivity contribution in [3.05, 3.63) is 143 Å². The first-order chi connectivity index (χ1) is 24.4. The SMILES string of the molecule is CC(C)(C)c1ccc2c(c1)c1ccc(Oc3cccc(-n4nc(C(C)(C)C)cc4C(C)(C)C)c3)cc1n2-c1cc(C(C)(C)c2ccccc2)ccn1. The summed E-state index contributed by atoms with van der Waals surface area (Å²) in [6, 6.07) is 38.8. The van der Waals surface area contributed by atoms with E-state index in [4.69, 9.17) is 14.8 Å². The maximum atomic E-state index is 6.67. The van der Waals surface area contributed by atoms with Crippen LogP contribution in [0.3, 0.4) is 0 Å². The Labute approximate surface area is 309 Å². The van der Waals surface area contributed by atoms with E-state index in [0.717, 1.165) is 45.1 Å². The molecule has 266 valence electrons. The second-order valence-electron chi connectivity index (χ2n) is 17.8. The standard InChI is InChI=1S/C47H52N4O/c1-44(2,3)32-20-23-39-38(26-32)37-22-21-36(29-40(37)50(39)43-27-33(24-25-48-43)47(10,11)31-16-13-12-14-17-31)52-35-19-15-18-34(28-35)51-42(46(7,8)9)30-41(49-51)45(4,5)6/h12-30H,1-11H3. The summed E-state index contributed by atoms with van der Waals surface area (Å²) in [5.41, 5.74) is 8.82. The molecule has 7 rings (SSSR count). The number of hydrogen-bond acceptors (Lipinski definition) is 3. The molecule has 0 saturated heterocycles. The van der Waals surface area contributed by atoms with Crippen LogP contribution in [0.2, 0.25) is 0 Å². The summed E-state index contributed by atoms with van der Waals surface area (Å²) in [5.74, 6) is 2.40. The van der Waals surface area contributed by atoms with Crippen LogP contribution in [0, 0.1) is 0 Å². The molecule has 7 aromatic rings. The van der Waals surface area contributed by atoms with Crippen LogP contribution in [0.15, 0.2) is 115 Å². The zero-order valence-corrected chi connectivity index (χ0v) is 32.7. The maximum absolute atomic E-state index is 6.67. The fourth-order valence-corrected chi connectivity index (χ4v) is 7.02. The zero-order valence-electron chi connectivity index (χ0n) is 32.7. The molecule has 0 N–H and O–H groups in total. The van der Waals surface area contributed by atoms with Gasteiger partial charge >= 0.3 is 0 Å². The highest BCUT2D eigenvalue weighted by molar-refractivity contribution is 6.09. The number of hydrogen-bond donors (Lipinski definition) is 0. The molecule has 5 heteroatoms. The average molecular weight is 689 g/mol. The lowest BCUT2D eigenvalue weighted by Crippen LogP contribution is -2.19. The van der Waals surface area contributed by atoms with Gasteiger partial charge in [0, 0.05) is 51.0 Å². The van der Waals surface area contributed by atoms with Gasteiger partial charge in [-0.2, -0.15) is 5.10 Å². The van der Waals surface area contributed by atoms with Crippen molar-refractivity contribution < 1.29 is 4.74 Å². The van der Waals surface area contributed by atoms with Crippen molar-refractivity contribution in [2.75, 3.05) is 0 Å². The molecule has 0 atom stereocenters.